The largest absolute Gasteiger partial charge is 0.416 e. The van der Waals surface area contributed by atoms with Crippen molar-refractivity contribution in [3.05, 3.63) is 63.5 Å². The number of benzene rings is 1. The minimum Gasteiger partial charge on any atom is -0.410 e. The first-order chi connectivity index (χ1) is 19.5. The zero-order valence-electron chi connectivity index (χ0n) is 26.5. The summed E-state index contributed by atoms with van der Waals surface area (Å²) in [6.07, 6.45) is 5.60. The number of nitrogens with zero attached hydrogens (tertiary/aromatic N) is 1. The second-order valence-corrected chi connectivity index (χ2v) is 20.2. The quantitative estimate of drug-likeness (QED) is 0.245. The van der Waals surface area contributed by atoms with Crippen LogP contribution in [0, 0.1) is 5.41 Å². The van der Waals surface area contributed by atoms with E-state index >= 15 is 0 Å². The smallest absolute Gasteiger partial charge is 0.410 e. The molecule has 2 saturated carbocycles. The molecule has 0 unspecified atom stereocenters. The van der Waals surface area contributed by atoms with Crippen LogP contribution in [-0.4, -0.2) is 19.1 Å². The van der Waals surface area contributed by atoms with Gasteiger partial charge in [-0.2, -0.15) is 13.2 Å². The molecule has 0 amide bonds. The zero-order chi connectivity index (χ0) is 30.7. The summed E-state index contributed by atoms with van der Waals surface area (Å²) >= 11 is 0. The number of ketones is 1. The summed E-state index contributed by atoms with van der Waals surface area (Å²) in [5, 5.41) is 0.0262. The van der Waals surface area contributed by atoms with Crippen molar-refractivity contribution >= 4 is 14.1 Å². The van der Waals surface area contributed by atoms with Crippen LogP contribution in [0.5, 0.6) is 0 Å². The predicted molar refractivity (Wildman–Crippen MR) is 165 cm³/mol. The van der Waals surface area contributed by atoms with E-state index < -0.39 is 20.1 Å². The van der Waals surface area contributed by atoms with E-state index in [1.807, 2.05) is 0 Å². The zero-order valence-corrected chi connectivity index (χ0v) is 27.5. The molecule has 0 bridgehead atoms. The monoisotopic (exact) mass is 599 g/mol. The molecule has 230 valence electrons. The van der Waals surface area contributed by atoms with Crippen molar-refractivity contribution in [1.82, 2.24) is 4.98 Å². The van der Waals surface area contributed by atoms with Crippen molar-refractivity contribution in [3.63, 3.8) is 0 Å². The number of alkyl halides is 3. The molecule has 1 aromatic heterocycles. The van der Waals surface area contributed by atoms with Gasteiger partial charge in [-0.25, -0.2) is 0 Å². The Hall–Kier alpha value is -1.99. The first-order valence-electron chi connectivity index (χ1n) is 15.9. The Bertz CT molecular complexity index is 1310. The predicted octanol–water partition coefficient (Wildman–Crippen LogP) is 10.7. The lowest BCUT2D eigenvalue weighted by Crippen LogP contribution is -2.44. The Labute approximate surface area is 251 Å². The Morgan fingerprint density at radius 1 is 0.905 bits per heavy atom. The molecule has 0 saturated heterocycles. The van der Waals surface area contributed by atoms with Crippen LogP contribution in [0.15, 0.2) is 24.3 Å². The number of halogens is 3. The van der Waals surface area contributed by atoms with E-state index in [0.717, 1.165) is 98.9 Å². The molecule has 1 heterocycles. The van der Waals surface area contributed by atoms with Gasteiger partial charge in [0.15, 0.2) is 14.1 Å². The molecule has 5 rings (SSSR count). The summed E-state index contributed by atoms with van der Waals surface area (Å²) in [6, 6.07) is 4.78. The molecule has 2 fully saturated rings. The molecule has 7 heteroatoms. The van der Waals surface area contributed by atoms with Crippen LogP contribution in [0.4, 0.5) is 13.2 Å². The lowest BCUT2D eigenvalue weighted by molar-refractivity contribution is -0.137. The van der Waals surface area contributed by atoms with E-state index in [1.165, 1.54) is 12.1 Å². The van der Waals surface area contributed by atoms with Gasteiger partial charge in [0.1, 0.15) is 0 Å². The Morgan fingerprint density at radius 3 is 1.98 bits per heavy atom. The highest BCUT2D eigenvalue weighted by atomic mass is 28.4. The fourth-order valence-electron chi connectivity index (χ4n) is 7.27. The number of carbonyl (C=O) groups excluding carboxylic acids is 1. The van der Waals surface area contributed by atoms with E-state index in [4.69, 9.17) is 9.41 Å². The van der Waals surface area contributed by atoms with Gasteiger partial charge >= 0.3 is 6.18 Å². The lowest BCUT2D eigenvalue weighted by atomic mass is 9.70. The Kier molecular flexibility index (Phi) is 8.36. The van der Waals surface area contributed by atoms with Crippen molar-refractivity contribution in [2.45, 2.75) is 141 Å². The van der Waals surface area contributed by atoms with Crippen LogP contribution in [0.2, 0.25) is 18.1 Å². The maximum atomic E-state index is 14.6. The van der Waals surface area contributed by atoms with Crippen LogP contribution in [0.25, 0.3) is 0 Å². The van der Waals surface area contributed by atoms with E-state index in [9.17, 15) is 18.0 Å². The van der Waals surface area contributed by atoms with Crippen molar-refractivity contribution in [2.75, 3.05) is 0 Å². The third-order valence-electron chi connectivity index (χ3n) is 10.5. The molecule has 1 atom stereocenters. The van der Waals surface area contributed by atoms with Crippen LogP contribution >= 0.6 is 0 Å². The topological polar surface area (TPSA) is 39.2 Å². The fourth-order valence-corrected chi connectivity index (χ4v) is 8.54. The van der Waals surface area contributed by atoms with E-state index in [0.29, 0.717) is 11.1 Å². The standard InChI is InChI=1S/C35H48F3NO2Si/c1-33(2,3)42(6,7)41-27-21-34(4,5)20-26-29(27)28(22-12-8-9-13-22)30(31(39-26)23-14-10-11-15-23)32(40)24-16-18-25(19-17-24)35(36,37)38/h16-19,22-23,27H,8-15,20-21H2,1-7H3/t27-/m0/s1. The van der Waals surface area contributed by atoms with Gasteiger partial charge in [0.05, 0.1) is 17.4 Å². The highest BCUT2D eigenvalue weighted by Gasteiger charge is 2.46. The SMILES string of the molecule is CC1(C)Cc2nc(C3CCCC3)c(C(=O)c3ccc(C(F)(F)F)cc3)c(C3CCCC3)c2[C@@H](O[Si](C)(C)C(C)(C)C)C1. The third kappa shape index (κ3) is 6.15. The molecule has 2 aromatic rings. The van der Waals surface area contributed by atoms with Crippen molar-refractivity contribution < 1.29 is 22.4 Å². The average Bonchev–Trinajstić information content (AvgIpc) is 3.60. The summed E-state index contributed by atoms with van der Waals surface area (Å²) < 4.78 is 47.4. The summed E-state index contributed by atoms with van der Waals surface area (Å²) in [7, 11) is -2.18. The molecule has 3 aliphatic carbocycles. The minimum absolute atomic E-state index is 0.00583. The molecule has 3 aliphatic rings. The van der Waals surface area contributed by atoms with Gasteiger partial charge in [0.25, 0.3) is 0 Å². The number of aromatic nitrogens is 1. The molecule has 0 spiro atoms. The van der Waals surface area contributed by atoms with Gasteiger partial charge in [0.2, 0.25) is 0 Å². The highest BCUT2D eigenvalue weighted by molar-refractivity contribution is 6.74. The van der Waals surface area contributed by atoms with Gasteiger partial charge in [-0.1, -0.05) is 72.4 Å². The molecule has 42 heavy (non-hydrogen) atoms. The van der Waals surface area contributed by atoms with Gasteiger partial charge in [-0.05, 0) is 85.7 Å². The molecule has 0 radical (unpaired) electrons. The van der Waals surface area contributed by atoms with Gasteiger partial charge < -0.3 is 4.43 Å². The van der Waals surface area contributed by atoms with E-state index in [-0.39, 0.29) is 34.2 Å². The van der Waals surface area contributed by atoms with Gasteiger partial charge in [0, 0.05) is 28.3 Å². The fraction of sp³-hybridized carbons (Fsp3) is 0.657. The number of carbonyl (C=O) groups is 1. The maximum absolute atomic E-state index is 14.6. The summed E-state index contributed by atoms with van der Waals surface area (Å²) in [6.45, 7) is 15.9. The summed E-state index contributed by atoms with van der Waals surface area (Å²) in [5.41, 5.74) is 4.47. The third-order valence-corrected chi connectivity index (χ3v) is 15.0. The van der Waals surface area contributed by atoms with Crippen molar-refractivity contribution in [1.29, 1.82) is 0 Å². The number of pyridine rings is 1. The van der Waals surface area contributed by atoms with Crippen LogP contribution < -0.4 is 0 Å². The normalized spacial score (nSPS) is 22.0. The second kappa shape index (κ2) is 11.2. The average molecular weight is 600 g/mol. The maximum Gasteiger partial charge on any atom is 0.416 e. The van der Waals surface area contributed by atoms with Gasteiger partial charge in [-0.15, -0.1) is 0 Å². The molecule has 0 aliphatic heterocycles. The summed E-state index contributed by atoms with van der Waals surface area (Å²) in [4.78, 5) is 20.0. The van der Waals surface area contributed by atoms with Crippen molar-refractivity contribution in [2.24, 2.45) is 5.41 Å². The molecule has 0 N–H and O–H groups in total. The number of rotatable bonds is 6. The van der Waals surface area contributed by atoms with Crippen molar-refractivity contribution in [3.8, 4) is 0 Å². The van der Waals surface area contributed by atoms with Crippen LogP contribution in [0.3, 0.4) is 0 Å². The summed E-state index contributed by atoms with van der Waals surface area (Å²) in [5.74, 6) is 0.259. The van der Waals surface area contributed by atoms with Crippen LogP contribution in [-0.2, 0) is 17.0 Å². The Morgan fingerprint density at radius 2 is 1.45 bits per heavy atom. The number of hydrogen-bond donors (Lipinski definition) is 0. The Balaban J connectivity index is 1.75. The first kappa shape index (κ1) is 31.4. The molecule has 3 nitrogen and oxygen atoms in total. The molecule has 1 aromatic carbocycles. The molecular weight excluding hydrogens is 551 g/mol. The first-order valence-corrected chi connectivity index (χ1v) is 18.9. The van der Waals surface area contributed by atoms with E-state index in [2.05, 4.69) is 47.7 Å². The van der Waals surface area contributed by atoms with Crippen LogP contribution in [0.1, 0.15) is 154 Å². The minimum atomic E-state index is -4.44. The van der Waals surface area contributed by atoms with Gasteiger partial charge in [-0.3, -0.25) is 9.78 Å². The molecular formula is C35H48F3NO2Si. The number of fused-ring (bicyclic) bond motifs is 1. The lowest BCUT2D eigenvalue weighted by Gasteiger charge is -2.45. The highest BCUT2D eigenvalue weighted by Crippen LogP contribution is 2.53. The second-order valence-electron chi connectivity index (χ2n) is 15.4. The number of hydrogen-bond acceptors (Lipinski definition) is 3. The van der Waals surface area contributed by atoms with E-state index in [1.54, 1.807) is 0 Å².